The van der Waals surface area contributed by atoms with Crippen molar-refractivity contribution in [2.24, 2.45) is 5.73 Å². The first kappa shape index (κ1) is 16.0. The summed E-state index contributed by atoms with van der Waals surface area (Å²) < 4.78 is 26.9. The van der Waals surface area contributed by atoms with Crippen LogP contribution in [0.4, 0.5) is 0 Å². The fraction of sp³-hybridized carbons (Fsp3) is 0.533. The van der Waals surface area contributed by atoms with Crippen LogP contribution >= 0.6 is 0 Å². The van der Waals surface area contributed by atoms with Crippen molar-refractivity contribution in [3.05, 3.63) is 35.4 Å². The van der Waals surface area contributed by atoms with Crippen LogP contribution in [0.2, 0.25) is 0 Å². The number of rotatable bonds is 5. The second kappa shape index (κ2) is 6.56. The molecule has 5 nitrogen and oxygen atoms in total. The number of nitrogens with one attached hydrogen (secondary N) is 1. The summed E-state index contributed by atoms with van der Waals surface area (Å²) >= 11 is 0. The van der Waals surface area contributed by atoms with Gasteiger partial charge in [-0.05, 0) is 30.5 Å². The highest BCUT2D eigenvalue weighted by Crippen LogP contribution is 2.25. The summed E-state index contributed by atoms with van der Waals surface area (Å²) in [6.45, 7) is 0.285. The quantitative estimate of drug-likeness (QED) is 0.864. The Kier molecular flexibility index (Phi) is 4.99. The zero-order chi connectivity index (χ0) is 15.3. The highest BCUT2D eigenvalue weighted by molar-refractivity contribution is 7.88. The molecule has 1 aromatic carbocycles. The lowest BCUT2D eigenvalue weighted by atomic mass is 9.83. The van der Waals surface area contributed by atoms with E-state index in [4.69, 9.17) is 11.0 Å². The molecule has 0 heterocycles. The Labute approximate surface area is 126 Å². The van der Waals surface area contributed by atoms with Crippen LogP contribution in [0.3, 0.4) is 0 Å². The summed E-state index contributed by atoms with van der Waals surface area (Å²) in [4.78, 5) is 0. The van der Waals surface area contributed by atoms with Gasteiger partial charge in [0.25, 0.3) is 0 Å². The number of hydrogen-bond acceptors (Lipinski definition) is 4. The summed E-state index contributed by atoms with van der Waals surface area (Å²) in [5, 5.41) is 8.84. The Morgan fingerprint density at radius 2 is 2.00 bits per heavy atom. The van der Waals surface area contributed by atoms with Gasteiger partial charge in [0.05, 0.1) is 17.4 Å². The van der Waals surface area contributed by atoms with Gasteiger partial charge in [0, 0.05) is 12.1 Å². The van der Waals surface area contributed by atoms with E-state index >= 15 is 0 Å². The SMILES string of the molecule is N#Cc1cccc(CS(=O)(=O)NCC2(N)CCCCC2)c1. The molecule has 1 aromatic rings. The van der Waals surface area contributed by atoms with Gasteiger partial charge in [0.2, 0.25) is 10.0 Å². The fourth-order valence-corrected chi connectivity index (χ4v) is 3.92. The average molecular weight is 307 g/mol. The Balaban J connectivity index is 1.97. The number of nitrogens with two attached hydrogens (primary N) is 1. The molecule has 1 fully saturated rings. The topological polar surface area (TPSA) is 96.0 Å². The van der Waals surface area contributed by atoms with Gasteiger partial charge in [-0.1, -0.05) is 31.4 Å². The van der Waals surface area contributed by atoms with E-state index in [1.54, 1.807) is 24.3 Å². The van der Waals surface area contributed by atoms with Gasteiger partial charge in [0.1, 0.15) is 0 Å². The van der Waals surface area contributed by atoms with Gasteiger partial charge in [-0.25, -0.2) is 13.1 Å². The van der Waals surface area contributed by atoms with Crippen molar-refractivity contribution in [3.63, 3.8) is 0 Å². The summed E-state index contributed by atoms with van der Waals surface area (Å²) in [6.07, 6.45) is 5.01. The Morgan fingerprint density at radius 1 is 1.29 bits per heavy atom. The minimum Gasteiger partial charge on any atom is -0.324 e. The van der Waals surface area contributed by atoms with E-state index < -0.39 is 15.6 Å². The van der Waals surface area contributed by atoms with Crippen LogP contribution in [0.25, 0.3) is 0 Å². The average Bonchev–Trinajstić information content (AvgIpc) is 2.46. The third-order valence-electron chi connectivity index (χ3n) is 3.91. The normalized spacial score (nSPS) is 18.1. The van der Waals surface area contributed by atoms with Crippen molar-refractivity contribution in [1.29, 1.82) is 5.26 Å². The molecule has 0 spiro atoms. The van der Waals surface area contributed by atoms with E-state index in [-0.39, 0.29) is 12.3 Å². The summed E-state index contributed by atoms with van der Waals surface area (Å²) in [5.41, 5.74) is 6.89. The molecule has 21 heavy (non-hydrogen) atoms. The number of nitrogens with zero attached hydrogens (tertiary/aromatic N) is 1. The molecule has 0 aliphatic heterocycles. The minimum atomic E-state index is -3.44. The highest BCUT2D eigenvalue weighted by Gasteiger charge is 2.28. The van der Waals surface area contributed by atoms with Crippen molar-refractivity contribution in [1.82, 2.24) is 4.72 Å². The van der Waals surface area contributed by atoms with E-state index in [1.807, 2.05) is 6.07 Å². The molecule has 114 valence electrons. The summed E-state index contributed by atoms with van der Waals surface area (Å²) in [5.74, 6) is -0.126. The number of sulfonamides is 1. The first-order valence-electron chi connectivity index (χ1n) is 7.18. The van der Waals surface area contributed by atoms with Crippen LogP contribution < -0.4 is 10.5 Å². The van der Waals surface area contributed by atoms with Crippen molar-refractivity contribution >= 4 is 10.0 Å². The molecule has 1 aliphatic rings. The maximum Gasteiger partial charge on any atom is 0.215 e. The van der Waals surface area contributed by atoms with Crippen LogP contribution in [0.1, 0.15) is 43.2 Å². The van der Waals surface area contributed by atoms with Gasteiger partial charge in [-0.3, -0.25) is 0 Å². The molecule has 6 heteroatoms. The zero-order valence-corrected chi connectivity index (χ0v) is 12.8. The first-order chi connectivity index (χ1) is 9.92. The maximum absolute atomic E-state index is 12.1. The van der Waals surface area contributed by atoms with E-state index in [0.717, 1.165) is 25.7 Å². The lowest BCUT2D eigenvalue weighted by Gasteiger charge is -2.33. The van der Waals surface area contributed by atoms with Crippen molar-refractivity contribution in [2.75, 3.05) is 6.54 Å². The molecule has 0 atom stereocenters. The molecule has 0 aromatic heterocycles. The van der Waals surface area contributed by atoms with Crippen molar-refractivity contribution in [2.45, 2.75) is 43.4 Å². The predicted molar refractivity (Wildman–Crippen MR) is 81.8 cm³/mol. The first-order valence-corrected chi connectivity index (χ1v) is 8.83. The lowest BCUT2D eigenvalue weighted by molar-refractivity contribution is 0.296. The van der Waals surface area contributed by atoms with Crippen LogP contribution in [-0.4, -0.2) is 20.5 Å². The van der Waals surface area contributed by atoms with E-state index in [9.17, 15) is 8.42 Å². The molecular weight excluding hydrogens is 286 g/mol. The molecule has 0 unspecified atom stereocenters. The third kappa shape index (κ3) is 4.81. The lowest BCUT2D eigenvalue weighted by Crippen LogP contribution is -2.51. The van der Waals surface area contributed by atoms with Gasteiger partial charge >= 0.3 is 0 Å². The monoisotopic (exact) mass is 307 g/mol. The molecule has 0 radical (unpaired) electrons. The van der Waals surface area contributed by atoms with Crippen molar-refractivity contribution < 1.29 is 8.42 Å². The van der Waals surface area contributed by atoms with Crippen LogP contribution in [0, 0.1) is 11.3 Å². The smallest absolute Gasteiger partial charge is 0.215 e. The Hall–Kier alpha value is -1.42. The van der Waals surface area contributed by atoms with Crippen molar-refractivity contribution in [3.8, 4) is 6.07 Å². The number of nitriles is 1. The number of benzene rings is 1. The Bertz CT molecular complexity index is 629. The van der Waals surface area contributed by atoms with Crippen LogP contribution in [0.15, 0.2) is 24.3 Å². The van der Waals surface area contributed by atoms with E-state index in [0.29, 0.717) is 11.1 Å². The molecule has 2 rings (SSSR count). The highest BCUT2D eigenvalue weighted by atomic mass is 32.2. The zero-order valence-electron chi connectivity index (χ0n) is 12.0. The van der Waals surface area contributed by atoms with Gasteiger partial charge in [-0.2, -0.15) is 5.26 Å². The maximum atomic E-state index is 12.1. The fourth-order valence-electron chi connectivity index (χ4n) is 2.69. The molecule has 0 saturated heterocycles. The van der Waals surface area contributed by atoms with Gasteiger partial charge < -0.3 is 5.73 Å². The molecule has 0 amide bonds. The summed E-state index contributed by atoms with van der Waals surface area (Å²) in [6, 6.07) is 8.65. The molecular formula is C15H21N3O2S. The molecule has 3 N–H and O–H groups in total. The summed E-state index contributed by atoms with van der Waals surface area (Å²) in [7, 11) is -3.44. The predicted octanol–water partition coefficient (Wildman–Crippen LogP) is 1.64. The number of hydrogen-bond donors (Lipinski definition) is 2. The van der Waals surface area contributed by atoms with Gasteiger partial charge in [0.15, 0.2) is 0 Å². The minimum absolute atomic E-state index is 0.126. The van der Waals surface area contributed by atoms with Crippen LogP contribution in [0.5, 0.6) is 0 Å². The Morgan fingerprint density at radius 3 is 2.67 bits per heavy atom. The molecule has 1 saturated carbocycles. The second-order valence-electron chi connectivity index (χ2n) is 5.82. The van der Waals surface area contributed by atoms with Crippen LogP contribution in [-0.2, 0) is 15.8 Å². The van der Waals surface area contributed by atoms with Gasteiger partial charge in [-0.15, -0.1) is 0 Å². The largest absolute Gasteiger partial charge is 0.324 e. The standard InChI is InChI=1S/C15H21N3O2S/c16-10-13-5-4-6-14(9-13)11-21(19,20)18-12-15(17)7-2-1-3-8-15/h4-6,9,18H,1-3,7-8,11-12,17H2. The molecule has 0 bridgehead atoms. The molecule has 1 aliphatic carbocycles. The van der Waals surface area contributed by atoms with E-state index in [1.165, 1.54) is 6.42 Å². The third-order valence-corrected chi connectivity index (χ3v) is 5.20. The second-order valence-corrected chi connectivity index (χ2v) is 7.62. The van der Waals surface area contributed by atoms with E-state index in [2.05, 4.69) is 4.72 Å².